The number of ether oxygens (including phenoxy) is 1. The van der Waals surface area contributed by atoms with Gasteiger partial charge in [-0.05, 0) is 30.4 Å². The molecule has 148 valence electrons. The smallest absolute Gasteiger partial charge is 0.328 e. The lowest BCUT2D eigenvalue weighted by molar-refractivity contribution is -0.147. The third-order valence-electron chi connectivity index (χ3n) is 4.95. The van der Waals surface area contributed by atoms with Crippen molar-refractivity contribution in [3.05, 3.63) is 35.6 Å². The number of hydrogen-bond acceptors (Lipinski definition) is 4. The van der Waals surface area contributed by atoms with Crippen LogP contribution in [0.15, 0.2) is 24.3 Å². The molecule has 1 aliphatic carbocycles. The lowest BCUT2D eigenvalue weighted by Gasteiger charge is -2.30. The van der Waals surface area contributed by atoms with E-state index in [1.54, 1.807) is 18.2 Å². The Morgan fingerprint density at radius 1 is 1.15 bits per heavy atom. The van der Waals surface area contributed by atoms with Gasteiger partial charge in [0.25, 0.3) is 0 Å². The minimum Gasteiger partial charge on any atom is -0.467 e. The highest BCUT2D eigenvalue weighted by Gasteiger charge is 2.34. The third kappa shape index (κ3) is 6.05. The highest BCUT2D eigenvalue weighted by atomic mass is 19.1. The average molecular weight is 378 g/mol. The summed E-state index contributed by atoms with van der Waals surface area (Å²) in [4.78, 5) is 36.6. The van der Waals surface area contributed by atoms with E-state index in [0.717, 1.165) is 32.1 Å². The number of carbonyl (C=O) groups excluding carboxylic acids is 3. The van der Waals surface area contributed by atoms with Gasteiger partial charge in [0.2, 0.25) is 11.8 Å². The van der Waals surface area contributed by atoms with Gasteiger partial charge in [-0.15, -0.1) is 0 Å². The van der Waals surface area contributed by atoms with Crippen molar-refractivity contribution in [3.63, 3.8) is 0 Å². The number of halogens is 1. The average Bonchev–Trinajstić information content (AvgIpc) is 2.66. The van der Waals surface area contributed by atoms with E-state index in [0.29, 0.717) is 5.56 Å². The van der Waals surface area contributed by atoms with Crippen LogP contribution in [0.2, 0.25) is 0 Å². The van der Waals surface area contributed by atoms with E-state index in [1.807, 2.05) is 0 Å². The topological polar surface area (TPSA) is 84.5 Å². The predicted octanol–water partition coefficient (Wildman–Crippen LogP) is 2.11. The summed E-state index contributed by atoms with van der Waals surface area (Å²) >= 11 is 0. The van der Waals surface area contributed by atoms with Crippen molar-refractivity contribution in [1.82, 2.24) is 10.6 Å². The van der Waals surface area contributed by atoms with Crippen LogP contribution in [0.1, 0.15) is 44.6 Å². The van der Waals surface area contributed by atoms with E-state index in [1.165, 1.54) is 20.1 Å². The molecule has 0 radical (unpaired) electrons. The van der Waals surface area contributed by atoms with E-state index in [2.05, 4.69) is 10.6 Å². The van der Waals surface area contributed by atoms with Crippen molar-refractivity contribution in [2.24, 2.45) is 5.92 Å². The lowest BCUT2D eigenvalue weighted by atomic mass is 9.83. The maximum Gasteiger partial charge on any atom is 0.328 e. The molecule has 1 aromatic rings. The highest BCUT2D eigenvalue weighted by Crippen LogP contribution is 2.27. The fourth-order valence-corrected chi connectivity index (χ4v) is 3.56. The monoisotopic (exact) mass is 378 g/mol. The molecule has 0 aromatic heterocycles. The molecule has 2 amide bonds. The first kappa shape index (κ1) is 20.9. The molecule has 7 heteroatoms. The Kier molecular flexibility index (Phi) is 7.76. The van der Waals surface area contributed by atoms with Gasteiger partial charge in [0, 0.05) is 13.3 Å². The quantitative estimate of drug-likeness (QED) is 0.712. The zero-order valence-corrected chi connectivity index (χ0v) is 15.8. The normalized spacial score (nSPS) is 16.9. The number of amides is 2. The molecule has 2 rings (SSSR count). The SMILES string of the molecule is COC(=O)[C@H](NC(=O)[C@H](Cc1ccccc1F)NC(C)=O)C1CCCCC1. The van der Waals surface area contributed by atoms with Crippen LogP contribution in [0.25, 0.3) is 0 Å². The second-order valence-electron chi connectivity index (χ2n) is 6.96. The van der Waals surface area contributed by atoms with E-state index >= 15 is 0 Å². The van der Waals surface area contributed by atoms with E-state index in [-0.39, 0.29) is 12.3 Å². The second-order valence-corrected chi connectivity index (χ2v) is 6.96. The first-order valence-electron chi connectivity index (χ1n) is 9.31. The van der Waals surface area contributed by atoms with Crippen LogP contribution < -0.4 is 10.6 Å². The molecule has 0 unspecified atom stereocenters. The summed E-state index contributed by atoms with van der Waals surface area (Å²) in [6, 6.07) is 4.35. The summed E-state index contributed by atoms with van der Waals surface area (Å²) in [7, 11) is 1.29. The molecular weight excluding hydrogens is 351 g/mol. The summed E-state index contributed by atoms with van der Waals surface area (Å²) in [5.41, 5.74) is 0.318. The molecule has 1 saturated carbocycles. The molecule has 1 aliphatic rings. The van der Waals surface area contributed by atoms with Crippen molar-refractivity contribution < 1.29 is 23.5 Å². The fourth-order valence-electron chi connectivity index (χ4n) is 3.56. The molecule has 2 N–H and O–H groups in total. The van der Waals surface area contributed by atoms with Gasteiger partial charge in [-0.3, -0.25) is 9.59 Å². The van der Waals surface area contributed by atoms with Gasteiger partial charge >= 0.3 is 5.97 Å². The standard InChI is InChI=1S/C20H27FN2O4/c1-13(24)22-17(12-15-10-6-7-11-16(15)21)19(25)23-18(20(26)27-2)14-8-4-3-5-9-14/h6-7,10-11,14,17-18H,3-5,8-9,12H2,1-2H3,(H,22,24)(H,23,25)/t17-,18+/m0/s1. The second kappa shape index (κ2) is 10.0. The van der Waals surface area contributed by atoms with Crippen LogP contribution in [0.3, 0.4) is 0 Å². The van der Waals surface area contributed by atoms with Gasteiger partial charge < -0.3 is 15.4 Å². The predicted molar refractivity (Wildman–Crippen MR) is 98.2 cm³/mol. The van der Waals surface area contributed by atoms with Crippen LogP contribution in [0, 0.1) is 11.7 Å². The van der Waals surface area contributed by atoms with E-state index in [9.17, 15) is 18.8 Å². The van der Waals surface area contributed by atoms with Gasteiger partial charge in [0.05, 0.1) is 7.11 Å². The van der Waals surface area contributed by atoms with Gasteiger partial charge in [-0.25, -0.2) is 9.18 Å². The minimum atomic E-state index is -0.977. The molecule has 0 aliphatic heterocycles. The van der Waals surface area contributed by atoms with Crippen LogP contribution >= 0.6 is 0 Å². The number of benzene rings is 1. The molecule has 0 spiro atoms. The molecule has 0 heterocycles. The fraction of sp³-hybridized carbons (Fsp3) is 0.550. The van der Waals surface area contributed by atoms with Gasteiger partial charge in [-0.2, -0.15) is 0 Å². The Morgan fingerprint density at radius 3 is 2.41 bits per heavy atom. The van der Waals surface area contributed by atoms with Crippen molar-refractivity contribution >= 4 is 17.8 Å². The molecule has 0 bridgehead atoms. The van der Waals surface area contributed by atoms with Crippen molar-refractivity contribution in [1.29, 1.82) is 0 Å². The van der Waals surface area contributed by atoms with Crippen molar-refractivity contribution in [2.75, 3.05) is 7.11 Å². The van der Waals surface area contributed by atoms with Crippen molar-refractivity contribution in [3.8, 4) is 0 Å². The van der Waals surface area contributed by atoms with Crippen LogP contribution in [0.4, 0.5) is 4.39 Å². The van der Waals surface area contributed by atoms with Gasteiger partial charge in [0.15, 0.2) is 0 Å². The number of nitrogens with one attached hydrogen (secondary N) is 2. The zero-order chi connectivity index (χ0) is 19.8. The number of rotatable bonds is 7. The number of carbonyl (C=O) groups is 3. The first-order chi connectivity index (χ1) is 12.9. The first-order valence-corrected chi connectivity index (χ1v) is 9.31. The van der Waals surface area contributed by atoms with Crippen LogP contribution in [0.5, 0.6) is 0 Å². The molecule has 1 fully saturated rings. The van der Waals surface area contributed by atoms with Gasteiger partial charge in [0.1, 0.15) is 17.9 Å². The zero-order valence-electron chi connectivity index (χ0n) is 15.8. The molecule has 0 saturated heterocycles. The van der Waals surface area contributed by atoms with Crippen LogP contribution in [-0.2, 0) is 25.5 Å². The molecular formula is C20H27FN2O4. The Balaban J connectivity index is 2.15. The van der Waals surface area contributed by atoms with Crippen LogP contribution in [-0.4, -0.2) is 37.0 Å². The third-order valence-corrected chi connectivity index (χ3v) is 4.95. The Bertz CT molecular complexity index is 674. The highest BCUT2D eigenvalue weighted by molar-refractivity contribution is 5.90. The Labute approximate surface area is 158 Å². The lowest BCUT2D eigenvalue weighted by Crippen LogP contribution is -2.54. The molecule has 27 heavy (non-hydrogen) atoms. The summed E-state index contributed by atoms with van der Waals surface area (Å²) < 4.78 is 18.8. The molecule has 1 aromatic carbocycles. The van der Waals surface area contributed by atoms with Gasteiger partial charge in [-0.1, -0.05) is 37.5 Å². The summed E-state index contributed by atoms with van der Waals surface area (Å²) in [5, 5.41) is 5.28. The maximum absolute atomic E-state index is 14.0. The molecule has 2 atom stereocenters. The van der Waals surface area contributed by atoms with E-state index in [4.69, 9.17) is 4.74 Å². The Morgan fingerprint density at radius 2 is 1.81 bits per heavy atom. The number of hydrogen-bond donors (Lipinski definition) is 2. The maximum atomic E-state index is 14.0. The minimum absolute atomic E-state index is 0.00147. The van der Waals surface area contributed by atoms with Crippen molar-refractivity contribution in [2.45, 2.75) is 57.5 Å². The number of esters is 1. The largest absolute Gasteiger partial charge is 0.467 e. The summed E-state index contributed by atoms with van der Waals surface area (Å²) in [5.74, 6) is -1.87. The Hall–Kier alpha value is -2.44. The summed E-state index contributed by atoms with van der Waals surface area (Å²) in [6.07, 6.45) is 4.77. The van der Waals surface area contributed by atoms with E-state index < -0.39 is 35.7 Å². The molecule has 6 nitrogen and oxygen atoms in total. The number of methoxy groups -OCH3 is 1. The summed E-state index contributed by atoms with van der Waals surface area (Å²) in [6.45, 7) is 1.29.